The molecule has 0 saturated carbocycles. The van der Waals surface area contributed by atoms with Crippen molar-refractivity contribution in [1.29, 1.82) is 0 Å². The lowest BCUT2D eigenvalue weighted by molar-refractivity contribution is 0.165. The third kappa shape index (κ3) is 8.24. The van der Waals surface area contributed by atoms with Crippen molar-refractivity contribution in [2.24, 2.45) is 5.73 Å². The molecule has 2 N–H and O–H groups in total. The molecule has 18 heavy (non-hydrogen) atoms. The molecule has 0 aliphatic carbocycles. The molecule has 0 saturated heterocycles. The minimum atomic E-state index is -2.00. The fourth-order valence-electron chi connectivity index (χ4n) is 1.93. The summed E-state index contributed by atoms with van der Waals surface area (Å²) in [4.78, 5) is 0. The summed E-state index contributed by atoms with van der Waals surface area (Å²) in [7, 11) is -2.00. The number of unbranched alkanes of at least 4 members (excludes halogenated alkanes) is 1. The molecule has 0 aliphatic heterocycles. The highest BCUT2D eigenvalue weighted by molar-refractivity contribution is 6.67. The van der Waals surface area contributed by atoms with Gasteiger partial charge < -0.3 is 14.6 Å². The molecule has 0 aromatic carbocycles. The normalized spacial score (nSPS) is 13.8. The van der Waals surface area contributed by atoms with Gasteiger partial charge in [0.05, 0.1) is 0 Å². The zero-order chi connectivity index (χ0) is 13.9. The molecule has 0 rings (SSSR count). The van der Waals surface area contributed by atoms with Crippen LogP contribution in [0.1, 0.15) is 59.8 Å². The highest BCUT2D eigenvalue weighted by atomic mass is 28.4. The van der Waals surface area contributed by atoms with Gasteiger partial charge >= 0.3 is 8.56 Å². The average molecular weight is 276 g/mol. The second-order valence-corrected chi connectivity index (χ2v) is 8.63. The van der Waals surface area contributed by atoms with Gasteiger partial charge in [-0.05, 0) is 38.3 Å². The summed E-state index contributed by atoms with van der Waals surface area (Å²) in [5.74, 6) is 0. The van der Waals surface area contributed by atoms with Gasteiger partial charge in [-0.2, -0.15) is 0 Å². The molecule has 3 nitrogen and oxygen atoms in total. The summed E-state index contributed by atoms with van der Waals surface area (Å²) >= 11 is 0. The zero-order valence-electron chi connectivity index (χ0n) is 12.8. The van der Waals surface area contributed by atoms with Crippen LogP contribution in [0.4, 0.5) is 0 Å². The fraction of sp³-hybridized carbons (Fsp3) is 1.00. The standard InChI is InChI=1S/C14H33NO2Si/c1-5-8-12-18(16-10-6-2,17-11-7-3)13-9-14(4)15/h14H,5-13,15H2,1-4H3. The fourth-order valence-corrected chi connectivity index (χ4v) is 5.78. The van der Waals surface area contributed by atoms with Crippen molar-refractivity contribution in [3.8, 4) is 0 Å². The summed E-state index contributed by atoms with van der Waals surface area (Å²) in [5, 5.41) is 0. The summed E-state index contributed by atoms with van der Waals surface area (Å²) in [5.41, 5.74) is 5.90. The second kappa shape index (κ2) is 11.0. The lowest BCUT2D eigenvalue weighted by Crippen LogP contribution is -2.43. The SMILES string of the molecule is CCCC[Si](CCC(C)N)(OCCC)OCCC. The number of hydrogen-bond acceptors (Lipinski definition) is 3. The van der Waals surface area contributed by atoms with Crippen molar-refractivity contribution < 1.29 is 8.85 Å². The second-order valence-electron chi connectivity index (χ2n) is 5.23. The highest BCUT2D eigenvalue weighted by Crippen LogP contribution is 2.25. The van der Waals surface area contributed by atoms with Crippen LogP contribution in [0.3, 0.4) is 0 Å². The van der Waals surface area contributed by atoms with E-state index in [2.05, 4.69) is 27.7 Å². The Balaban J connectivity index is 4.51. The number of rotatable bonds is 12. The van der Waals surface area contributed by atoms with E-state index in [4.69, 9.17) is 14.6 Å². The van der Waals surface area contributed by atoms with Crippen molar-refractivity contribution in [3.05, 3.63) is 0 Å². The Bertz CT molecular complexity index is 167. The summed E-state index contributed by atoms with van der Waals surface area (Å²) in [6.07, 6.45) is 5.56. The smallest absolute Gasteiger partial charge is 0.338 e. The van der Waals surface area contributed by atoms with Crippen molar-refractivity contribution in [3.63, 3.8) is 0 Å². The molecule has 4 heteroatoms. The van der Waals surface area contributed by atoms with Gasteiger partial charge in [-0.3, -0.25) is 0 Å². The Morgan fingerprint density at radius 1 is 0.944 bits per heavy atom. The van der Waals surface area contributed by atoms with Gasteiger partial charge in [0.15, 0.2) is 0 Å². The molecule has 1 atom stereocenters. The number of hydrogen-bond donors (Lipinski definition) is 1. The van der Waals surface area contributed by atoms with Crippen molar-refractivity contribution in [2.75, 3.05) is 13.2 Å². The monoisotopic (exact) mass is 275 g/mol. The highest BCUT2D eigenvalue weighted by Gasteiger charge is 2.36. The van der Waals surface area contributed by atoms with E-state index in [1.807, 2.05) is 0 Å². The Morgan fingerprint density at radius 2 is 1.50 bits per heavy atom. The Kier molecular flexibility index (Phi) is 11.0. The van der Waals surface area contributed by atoms with E-state index in [-0.39, 0.29) is 6.04 Å². The van der Waals surface area contributed by atoms with Gasteiger partial charge in [0.2, 0.25) is 0 Å². The van der Waals surface area contributed by atoms with Gasteiger partial charge in [-0.15, -0.1) is 0 Å². The Morgan fingerprint density at radius 3 is 1.89 bits per heavy atom. The van der Waals surface area contributed by atoms with E-state index in [0.717, 1.165) is 44.6 Å². The Hall–Kier alpha value is 0.0969. The van der Waals surface area contributed by atoms with Crippen LogP contribution in [0.5, 0.6) is 0 Å². The van der Waals surface area contributed by atoms with E-state index in [1.165, 1.54) is 12.8 Å². The Labute approximate surface area is 115 Å². The molecule has 0 fully saturated rings. The molecule has 0 radical (unpaired) electrons. The molecule has 0 aromatic rings. The maximum Gasteiger partial charge on any atom is 0.338 e. The van der Waals surface area contributed by atoms with Gasteiger partial charge in [0, 0.05) is 19.3 Å². The predicted molar refractivity (Wildman–Crippen MR) is 81.0 cm³/mol. The first kappa shape index (κ1) is 18.1. The van der Waals surface area contributed by atoms with E-state index in [1.54, 1.807) is 0 Å². The molecule has 0 spiro atoms. The van der Waals surface area contributed by atoms with Gasteiger partial charge in [0.25, 0.3) is 0 Å². The molecule has 0 aliphatic rings. The van der Waals surface area contributed by atoms with Gasteiger partial charge in [-0.1, -0.05) is 33.6 Å². The molecule has 0 aromatic heterocycles. The van der Waals surface area contributed by atoms with Crippen LogP contribution < -0.4 is 5.73 Å². The van der Waals surface area contributed by atoms with Crippen LogP contribution in [0.2, 0.25) is 12.1 Å². The molecular formula is C14H33NO2Si. The first-order chi connectivity index (χ1) is 8.60. The van der Waals surface area contributed by atoms with Gasteiger partial charge in [-0.25, -0.2) is 0 Å². The average Bonchev–Trinajstić information content (AvgIpc) is 2.37. The molecule has 0 bridgehead atoms. The van der Waals surface area contributed by atoms with E-state index >= 15 is 0 Å². The van der Waals surface area contributed by atoms with Crippen LogP contribution in [0, 0.1) is 0 Å². The van der Waals surface area contributed by atoms with Crippen molar-refractivity contribution in [1.82, 2.24) is 0 Å². The van der Waals surface area contributed by atoms with Crippen LogP contribution in [0.15, 0.2) is 0 Å². The third-order valence-corrected chi connectivity index (χ3v) is 6.66. The minimum absolute atomic E-state index is 0.244. The topological polar surface area (TPSA) is 44.5 Å². The van der Waals surface area contributed by atoms with Crippen LogP contribution in [0.25, 0.3) is 0 Å². The summed E-state index contributed by atoms with van der Waals surface area (Å²) in [6, 6.07) is 2.41. The van der Waals surface area contributed by atoms with E-state index in [9.17, 15) is 0 Å². The largest absolute Gasteiger partial charge is 0.394 e. The van der Waals surface area contributed by atoms with Crippen molar-refractivity contribution >= 4 is 8.56 Å². The molecule has 110 valence electrons. The maximum absolute atomic E-state index is 6.19. The lowest BCUT2D eigenvalue weighted by Gasteiger charge is -2.31. The maximum atomic E-state index is 6.19. The van der Waals surface area contributed by atoms with Crippen LogP contribution in [-0.2, 0) is 8.85 Å². The summed E-state index contributed by atoms with van der Waals surface area (Å²) in [6.45, 7) is 10.3. The summed E-state index contributed by atoms with van der Waals surface area (Å²) < 4.78 is 12.4. The minimum Gasteiger partial charge on any atom is -0.394 e. The van der Waals surface area contributed by atoms with Crippen molar-refractivity contribution in [2.45, 2.75) is 77.9 Å². The lowest BCUT2D eigenvalue weighted by atomic mass is 10.3. The van der Waals surface area contributed by atoms with Gasteiger partial charge in [0.1, 0.15) is 0 Å². The van der Waals surface area contributed by atoms with E-state index < -0.39 is 8.56 Å². The third-order valence-electron chi connectivity index (χ3n) is 3.03. The quantitative estimate of drug-likeness (QED) is 0.551. The first-order valence-electron chi connectivity index (χ1n) is 7.63. The number of nitrogens with two attached hydrogens (primary N) is 1. The van der Waals surface area contributed by atoms with Crippen LogP contribution >= 0.6 is 0 Å². The van der Waals surface area contributed by atoms with Crippen LogP contribution in [-0.4, -0.2) is 27.8 Å². The first-order valence-corrected chi connectivity index (χ1v) is 9.86. The predicted octanol–water partition coefficient (Wildman–Crippen LogP) is 3.82. The van der Waals surface area contributed by atoms with E-state index in [0.29, 0.717) is 0 Å². The molecule has 0 heterocycles. The molecular weight excluding hydrogens is 242 g/mol. The zero-order valence-corrected chi connectivity index (χ0v) is 13.8. The molecule has 0 amide bonds. The molecule has 1 unspecified atom stereocenters.